The Morgan fingerprint density at radius 3 is 3.12 bits per heavy atom. The number of oxazole rings is 1. The van der Waals surface area contributed by atoms with Crippen molar-refractivity contribution in [1.29, 1.82) is 0 Å². The number of nitrogens with zero attached hydrogens (tertiary/aromatic N) is 4. The molecule has 0 spiro atoms. The van der Waals surface area contributed by atoms with Gasteiger partial charge in [0.1, 0.15) is 0 Å². The van der Waals surface area contributed by atoms with Gasteiger partial charge in [0.25, 0.3) is 0 Å². The van der Waals surface area contributed by atoms with Crippen LogP contribution in [0.25, 0.3) is 11.6 Å². The second kappa shape index (κ2) is 3.68. The van der Waals surface area contributed by atoms with Crippen molar-refractivity contribution in [2.45, 2.75) is 13.0 Å². The van der Waals surface area contributed by atoms with E-state index < -0.39 is 0 Å². The number of hydrogen-bond acceptors (Lipinski definition) is 5. The molecule has 0 atom stereocenters. The lowest BCUT2D eigenvalue weighted by atomic mass is 10.1. The SMILES string of the molecule is CN1CCc2cnc(-c3cnco3)nc2C1. The molecule has 5 nitrogen and oxygen atoms in total. The van der Waals surface area contributed by atoms with Crippen molar-refractivity contribution in [3.8, 4) is 11.6 Å². The van der Waals surface area contributed by atoms with Crippen molar-refractivity contribution in [3.63, 3.8) is 0 Å². The van der Waals surface area contributed by atoms with Gasteiger partial charge >= 0.3 is 0 Å². The number of rotatable bonds is 1. The van der Waals surface area contributed by atoms with Crippen molar-refractivity contribution in [2.75, 3.05) is 13.6 Å². The maximum absolute atomic E-state index is 5.19. The summed E-state index contributed by atoms with van der Waals surface area (Å²) in [5.74, 6) is 1.24. The summed E-state index contributed by atoms with van der Waals surface area (Å²) in [7, 11) is 2.10. The molecule has 1 aliphatic heterocycles. The van der Waals surface area contributed by atoms with Crippen LogP contribution in [0.1, 0.15) is 11.3 Å². The van der Waals surface area contributed by atoms with Gasteiger partial charge in [0.15, 0.2) is 18.0 Å². The van der Waals surface area contributed by atoms with Gasteiger partial charge in [-0.25, -0.2) is 15.0 Å². The molecule has 0 radical (unpaired) electrons. The van der Waals surface area contributed by atoms with E-state index in [2.05, 4.69) is 26.9 Å². The lowest BCUT2D eigenvalue weighted by molar-refractivity contribution is 0.307. The predicted molar refractivity (Wildman–Crippen MR) is 57.6 cm³/mol. The molecule has 0 aromatic carbocycles. The molecule has 0 amide bonds. The zero-order valence-electron chi connectivity index (χ0n) is 9.05. The Balaban J connectivity index is 2.01. The highest BCUT2D eigenvalue weighted by Crippen LogP contribution is 2.19. The van der Waals surface area contributed by atoms with Crippen LogP contribution in [0.4, 0.5) is 0 Å². The molecule has 3 rings (SSSR count). The van der Waals surface area contributed by atoms with E-state index >= 15 is 0 Å². The Labute approximate surface area is 93.2 Å². The third kappa shape index (κ3) is 1.59. The molecule has 1 aliphatic rings. The van der Waals surface area contributed by atoms with Crippen LogP contribution in [0.5, 0.6) is 0 Å². The largest absolute Gasteiger partial charge is 0.440 e. The Morgan fingerprint density at radius 2 is 2.31 bits per heavy atom. The molecule has 0 bridgehead atoms. The molecule has 2 aromatic rings. The summed E-state index contributed by atoms with van der Waals surface area (Å²) in [6.07, 6.45) is 5.94. The van der Waals surface area contributed by atoms with Crippen LogP contribution in [-0.2, 0) is 13.0 Å². The summed E-state index contributed by atoms with van der Waals surface area (Å²) in [5, 5.41) is 0. The first-order valence-corrected chi connectivity index (χ1v) is 5.25. The van der Waals surface area contributed by atoms with Crippen LogP contribution < -0.4 is 0 Å². The van der Waals surface area contributed by atoms with E-state index in [4.69, 9.17) is 4.42 Å². The van der Waals surface area contributed by atoms with Crippen LogP contribution in [0.3, 0.4) is 0 Å². The minimum absolute atomic E-state index is 0.617. The highest BCUT2D eigenvalue weighted by atomic mass is 16.3. The third-order valence-corrected chi connectivity index (χ3v) is 2.79. The number of fused-ring (bicyclic) bond motifs is 1. The monoisotopic (exact) mass is 216 g/mol. The summed E-state index contributed by atoms with van der Waals surface area (Å²) in [6, 6.07) is 0. The molecular formula is C11H12N4O. The maximum Gasteiger partial charge on any atom is 0.197 e. The van der Waals surface area contributed by atoms with Crippen molar-refractivity contribution >= 4 is 0 Å². The van der Waals surface area contributed by atoms with Gasteiger partial charge in [-0.2, -0.15) is 0 Å². The van der Waals surface area contributed by atoms with Crippen LogP contribution in [-0.4, -0.2) is 33.4 Å². The molecule has 0 aliphatic carbocycles. The number of likely N-dealkylation sites (N-methyl/N-ethyl adjacent to an activating group) is 1. The Hall–Kier alpha value is -1.75. The minimum atomic E-state index is 0.617. The van der Waals surface area contributed by atoms with Gasteiger partial charge in [-0.3, -0.25) is 0 Å². The molecular weight excluding hydrogens is 204 g/mol. The molecule has 0 unspecified atom stereocenters. The summed E-state index contributed by atoms with van der Waals surface area (Å²) >= 11 is 0. The van der Waals surface area contributed by atoms with Crippen molar-refractivity contribution < 1.29 is 4.42 Å². The van der Waals surface area contributed by atoms with Crippen molar-refractivity contribution in [2.24, 2.45) is 0 Å². The lowest BCUT2D eigenvalue weighted by Gasteiger charge is -2.23. The minimum Gasteiger partial charge on any atom is -0.440 e. The van der Waals surface area contributed by atoms with E-state index in [9.17, 15) is 0 Å². The maximum atomic E-state index is 5.19. The Bertz CT molecular complexity index is 495. The normalized spacial score (nSPS) is 16.1. The molecule has 0 saturated carbocycles. The number of aromatic nitrogens is 3. The predicted octanol–water partition coefficient (Wildman–Crippen LogP) is 1.12. The van der Waals surface area contributed by atoms with Crippen molar-refractivity contribution in [3.05, 3.63) is 30.0 Å². The van der Waals surface area contributed by atoms with Gasteiger partial charge in [0.2, 0.25) is 0 Å². The summed E-state index contributed by atoms with van der Waals surface area (Å²) in [5.41, 5.74) is 2.33. The molecule has 0 N–H and O–H groups in total. The average Bonchev–Trinajstić information content (AvgIpc) is 2.81. The van der Waals surface area contributed by atoms with E-state index in [0.717, 1.165) is 25.2 Å². The number of hydrogen-bond donors (Lipinski definition) is 0. The molecule has 82 valence electrons. The van der Waals surface area contributed by atoms with Gasteiger partial charge in [0.05, 0.1) is 11.9 Å². The second-order valence-electron chi connectivity index (χ2n) is 4.02. The van der Waals surface area contributed by atoms with Crippen LogP contribution in [0.2, 0.25) is 0 Å². The second-order valence-corrected chi connectivity index (χ2v) is 4.02. The zero-order chi connectivity index (χ0) is 11.0. The summed E-state index contributed by atoms with van der Waals surface area (Å²) in [6.45, 7) is 1.94. The fourth-order valence-electron chi connectivity index (χ4n) is 1.88. The van der Waals surface area contributed by atoms with Crippen LogP contribution in [0, 0.1) is 0 Å². The van der Waals surface area contributed by atoms with Gasteiger partial charge in [-0.05, 0) is 19.0 Å². The first kappa shape index (κ1) is 9.47. The Morgan fingerprint density at radius 1 is 1.38 bits per heavy atom. The molecule has 3 heterocycles. The first-order valence-electron chi connectivity index (χ1n) is 5.25. The van der Waals surface area contributed by atoms with E-state index in [0.29, 0.717) is 11.6 Å². The van der Waals surface area contributed by atoms with Gasteiger partial charge in [0, 0.05) is 19.3 Å². The lowest BCUT2D eigenvalue weighted by Crippen LogP contribution is -2.27. The van der Waals surface area contributed by atoms with Crippen LogP contribution >= 0.6 is 0 Å². The summed E-state index contributed by atoms with van der Waals surface area (Å²) in [4.78, 5) is 14.9. The first-order chi connectivity index (χ1) is 7.83. The fourth-order valence-corrected chi connectivity index (χ4v) is 1.88. The molecule has 16 heavy (non-hydrogen) atoms. The van der Waals surface area contributed by atoms with E-state index in [1.807, 2.05) is 6.20 Å². The van der Waals surface area contributed by atoms with E-state index in [1.54, 1.807) is 6.20 Å². The van der Waals surface area contributed by atoms with Crippen molar-refractivity contribution in [1.82, 2.24) is 19.9 Å². The Kier molecular flexibility index (Phi) is 2.18. The average molecular weight is 216 g/mol. The topological polar surface area (TPSA) is 55.1 Å². The van der Waals surface area contributed by atoms with E-state index in [1.165, 1.54) is 12.0 Å². The molecule has 5 heteroatoms. The van der Waals surface area contributed by atoms with Crippen LogP contribution in [0.15, 0.2) is 23.2 Å². The standard InChI is InChI=1S/C11H12N4O/c1-15-3-2-8-4-13-11(14-9(8)6-15)10-5-12-7-16-10/h4-5,7H,2-3,6H2,1H3. The molecule has 0 saturated heterocycles. The smallest absolute Gasteiger partial charge is 0.197 e. The molecule has 0 fully saturated rings. The fraction of sp³-hybridized carbons (Fsp3) is 0.364. The van der Waals surface area contributed by atoms with Gasteiger partial charge < -0.3 is 9.32 Å². The van der Waals surface area contributed by atoms with Gasteiger partial charge in [-0.1, -0.05) is 0 Å². The summed E-state index contributed by atoms with van der Waals surface area (Å²) < 4.78 is 5.19. The third-order valence-electron chi connectivity index (χ3n) is 2.79. The quantitative estimate of drug-likeness (QED) is 0.715. The van der Waals surface area contributed by atoms with E-state index in [-0.39, 0.29) is 0 Å². The van der Waals surface area contributed by atoms with Gasteiger partial charge in [-0.15, -0.1) is 0 Å². The highest BCUT2D eigenvalue weighted by Gasteiger charge is 2.16. The molecule has 2 aromatic heterocycles. The highest BCUT2D eigenvalue weighted by molar-refractivity contribution is 5.45. The zero-order valence-corrected chi connectivity index (χ0v) is 9.05.